The van der Waals surface area contributed by atoms with Crippen LogP contribution in [0.2, 0.25) is 0 Å². The molecule has 96 valence electrons. The lowest BCUT2D eigenvalue weighted by Crippen LogP contribution is -2.51. The average Bonchev–Trinajstić information content (AvgIpc) is 3.14. The summed E-state index contributed by atoms with van der Waals surface area (Å²) in [4.78, 5) is 6.80. The van der Waals surface area contributed by atoms with E-state index in [1.807, 2.05) is 0 Å². The maximum absolute atomic E-state index is 6.06. The van der Waals surface area contributed by atoms with E-state index in [4.69, 9.17) is 5.73 Å². The summed E-state index contributed by atoms with van der Waals surface area (Å²) in [6, 6.07) is 10.6. The summed E-state index contributed by atoms with van der Waals surface area (Å²) in [5.74, 6) is 1.58. The predicted molar refractivity (Wildman–Crippen MR) is 74.5 cm³/mol. The molecule has 1 heterocycles. The monoisotopic (exact) mass is 243 g/mol. The first-order valence-electron chi connectivity index (χ1n) is 6.79. The molecule has 2 aliphatic rings. The topological polar surface area (TPSA) is 41.6 Å². The SMILES string of the molecule is CC1(Cc2ccccc2)CN=C(N)N1CC1CC1. The molecule has 0 bridgehead atoms. The Morgan fingerprint density at radius 2 is 2.06 bits per heavy atom. The smallest absolute Gasteiger partial charge is 0.191 e. The fraction of sp³-hybridized carbons (Fsp3) is 0.533. The van der Waals surface area contributed by atoms with Crippen molar-refractivity contribution in [2.45, 2.75) is 31.7 Å². The van der Waals surface area contributed by atoms with E-state index >= 15 is 0 Å². The van der Waals surface area contributed by atoms with Gasteiger partial charge in [0.1, 0.15) is 0 Å². The van der Waals surface area contributed by atoms with Gasteiger partial charge in [0, 0.05) is 6.54 Å². The molecule has 1 saturated carbocycles. The van der Waals surface area contributed by atoms with E-state index in [1.54, 1.807) is 0 Å². The molecule has 2 N–H and O–H groups in total. The largest absolute Gasteiger partial charge is 0.370 e. The molecule has 1 atom stereocenters. The van der Waals surface area contributed by atoms with Gasteiger partial charge in [-0.3, -0.25) is 4.99 Å². The normalized spacial score (nSPS) is 27.4. The molecule has 3 nitrogen and oxygen atoms in total. The molecule has 1 aromatic rings. The quantitative estimate of drug-likeness (QED) is 0.879. The van der Waals surface area contributed by atoms with Gasteiger partial charge in [0.2, 0.25) is 0 Å². The zero-order valence-electron chi connectivity index (χ0n) is 11.0. The molecule has 1 fully saturated rings. The second-order valence-electron chi connectivity index (χ2n) is 5.89. The van der Waals surface area contributed by atoms with Gasteiger partial charge in [-0.15, -0.1) is 0 Å². The van der Waals surface area contributed by atoms with Crippen LogP contribution < -0.4 is 5.73 Å². The van der Waals surface area contributed by atoms with Gasteiger partial charge in [-0.25, -0.2) is 0 Å². The molecular weight excluding hydrogens is 222 g/mol. The van der Waals surface area contributed by atoms with Crippen LogP contribution in [0.15, 0.2) is 35.3 Å². The summed E-state index contributed by atoms with van der Waals surface area (Å²) in [5.41, 5.74) is 7.49. The Balaban J connectivity index is 1.76. The minimum Gasteiger partial charge on any atom is -0.370 e. The molecule has 1 aromatic carbocycles. The van der Waals surface area contributed by atoms with Gasteiger partial charge >= 0.3 is 0 Å². The molecule has 0 saturated heterocycles. The number of nitrogens with two attached hydrogens (primary N) is 1. The fourth-order valence-corrected chi connectivity index (χ4v) is 2.76. The molecule has 18 heavy (non-hydrogen) atoms. The van der Waals surface area contributed by atoms with Gasteiger partial charge in [-0.2, -0.15) is 0 Å². The van der Waals surface area contributed by atoms with E-state index in [9.17, 15) is 0 Å². The van der Waals surface area contributed by atoms with Gasteiger partial charge in [-0.1, -0.05) is 30.3 Å². The van der Waals surface area contributed by atoms with Crippen molar-refractivity contribution in [3.8, 4) is 0 Å². The van der Waals surface area contributed by atoms with E-state index in [-0.39, 0.29) is 5.54 Å². The van der Waals surface area contributed by atoms with Crippen LogP contribution in [-0.4, -0.2) is 29.5 Å². The van der Waals surface area contributed by atoms with Crippen molar-refractivity contribution in [1.29, 1.82) is 0 Å². The third-order valence-corrected chi connectivity index (χ3v) is 4.08. The second-order valence-corrected chi connectivity index (χ2v) is 5.89. The molecule has 3 heteroatoms. The molecule has 1 aliphatic heterocycles. The molecule has 0 spiro atoms. The Hall–Kier alpha value is -1.51. The van der Waals surface area contributed by atoms with Crippen molar-refractivity contribution in [3.63, 3.8) is 0 Å². The van der Waals surface area contributed by atoms with Crippen molar-refractivity contribution >= 4 is 5.96 Å². The Morgan fingerprint density at radius 3 is 2.72 bits per heavy atom. The highest BCUT2D eigenvalue weighted by Gasteiger charge is 2.40. The van der Waals surface area contributed by atoms with E-state index < -0.39 is 0 Å². The first-order chi connectivity index (χ1) is 8.67. The van der Waals surface area contributed by atoms with Crippen LogP contribution in [0.1, 0.15) is 25.3 Å². The summed E-state index contributed by atoms with van der Waals surface area (Å²) >= 11 is 0. The Kier molecular flexibility index (Phi) is 2.77. The van der Waals surface area contributed by atoms with E-state index in [0.29, 0.717) is 0 Å². The van der Waals surface area contributed by atoms with E-state index in [1.165, 1.54) is 18.4 Å². The third-order valence-electron chi connectivity index (χ3n) is 4.08. The average molecular weight is 243 g/mol. The van der Waals surface area contributed by atoms with Crippen LogP contribution in [0, 0.1) is 5.92 Å². The lowest BCUT2D eigenvalue weighted by molar-refractivity contribution is 0.213. The number of guanidine groups is 1. The molecule has 1 aliphatic carbocycles. The minimum absolute atomic E-state index is 0.0635. The number of benzene rings is 1. The lowest BCUT2D eigenvalue weighted by Gasteiger charge is -2.36. The van der Waals surface area contributed by atoms with Crippen LogP contribution in [0.25, 0.3) is 0 Å². The molecule has 3 rings (SSSR count). The fourth-order valence-electron chi connectivity index (χ4n) is 2.76. The number of hydrogen-bond donors (Lipinski definition) is 1. The number of aliphatic imine (C=N–C) groups is 1. The Labute approximate surface area is 109 Å². The summed E-state index contributed by atoms with van der Waals surface area (Å²) in [7, 11) is 0. The zero-order chi connectivity index (χ0) is 12.6. The maximum Gasteiger partial charge on any atom is 0.191 e. The summed E-state index contributed by atoms with van der Waals surface area (Å²) in [6.45, 7) is 4.19. The van der Waals surface area contributed by atoms with Crippen molar-refractivity contribution in [3.05, 3.63) is 35.9 Å². The number of rotatable bonds is 4. The standard InChI is InChI=1S/C15H21N3/c1-15(9-12-5-3-2-4-6-12)11-17-14(16)18(15)10-13-7-8-13/h2-6,13H,7-11H2,1H3,(H2,16,17). The molecule has 1 unspecified atom stereocenters. The summed E-state index contributed by atoms with van der Waals surface area (Å²) in [6.07, 6.45) is 3.72. The summed E-state index contributed by atoms with van der Waals surface area (Å²) < 4.78 is 0. The molecule has 0 radical (unpaired) electrons. The van der Waals surface area contributed by atoms with E-state index in [0.717, 1.165) is 31.4 Å². The van der Waals surface area contributed by atoms with Crippen LogP contribution >= 0.6 is 0 Å². The van der Waals surface area contributed by atoms with Crippen molar-refractivity contribution in [2.75, 3.05) is 13.1 Å². The highest BCUT2D eigenvalue weighted by atomic mass is 15.4. The lowest BCUT2D eigenvalue weighted by atomic mass is 9.91. The molecule has 0 amide bonds. The highest BCUT2D eigenvalue weighted by Crippen LogP contribution is 2.34. The predicted octanol–water partition coefficient (Wildman–Crippen LogP) is 2.03. The molecular formula is C15H21N3. The van der Waals surface area contributed by atoms with Crippen molar-refractivity contribution in [2.24, 2.45) is 16.6 Å². The van der Waals surface area contributed by atoms with Crippen LogP contribution in [-0.2, 0) is 6.42 Å². The first kappa shape index (κ1) is 11.6. The Morgan fingerprint density at radius 1 is 1.33 bits per heavy atom. The Bertz CT molecular complexity index is 450. The van der Waals surface area contributed by atoms with Gasteiger partial charge in [0.05, 0.1) is 12.1 Å². The third kappa shape index (κ3) is 2.22. The first-order valence-corrected chi connectivity index (χ1v) is 6.79. The second kappa shape index (κ2) is 4.30. The highest BCUT2D eigenvalue weighted by molar-refractivity contribution is 5.81. The van der Waals surface area contributed by atoms with E-state index in [2.05, 4.69) is 47.1 Å². The van der Waals surface area contributed by atoms with Gasteiger partial charge in [0.25, 0.3) is 0 Å². The summed E-state index contributed by atoms with van der Waals surface area (Å²) in [5, 5.41) is 0. The van der Waals surface area contributed by atoms with Crippen molar-refractivity contribution in [1.82, 2.24) is 4.90 Å². The van der Waals surface area contributed by atoms with Crippen LogP contribution in [0.5, 0.6) is 0 Å². The minimum atomic E-state index is 0.0635. The van der Waals surface area contributed by atoms with Gasteiger partial charge < -0.3 is 10.6 Å². The van der Waals surface area contributed by atoms with Gasteiger partial charge in [-0.05, 0) is 37.7 Å². The van der Waals surface area contributed by atoms with Crippen LogP contribution in [0.3, 0.4) is 0 Å². The maximum atomic E-state index is 6.06. The number of hydrogen-bond acceptors (Lipinski definition) is 3. The van der Waals surface area contributed by atoms with Crippen LogP contribution in [0.4, 0.5) is 0 Å². The molecule has 0 aromatic heterocycles. The zero-order valence-corrected chi connectivity index (χ0v) is 11.0. The van der Waals surface area contributed by atoms with Gasteiger partial charge in [0.15, 0.2) is 5.96 Å². The number of nitrogens with zero attached hydrogens (tertiary/aromatic N) is 2. The van der Waals surface area contributed by atoms with Crippen molar-refractivity contribution < 1.29 is 0 Å².